The van der Waals surface area contributed by atoms with E-state index in [0.717, 1.165) is 4.72 Å². The summed E-state index contributed by atoms with van der Waals surface area (Å²) in [5, 5.41) is 0. The molecule has 0 unspecified atom stereocenters. The van der Waals surface area contributed by atoms with Gasteiger partial charge in [-0.3, -0.25) is 9.59 Å². The monoisotopic (exact) mass is 277 g/mol. The number of hydrogen-bond acceptors (Lipinski definition) is 5. The third-order valence-corrected chi connectivity index (χ3v) is 2.52. The van der Waals surface area contributed by atoms with E-state index < -0.39 is 40.2 Å². The Morgan fingerprint density at radius 1 is 1.24 bits per heavy atom. The van der Waals surface area contributed by atoms with E-state index in [1.807, 2.05) is 0 Å². The first-order valence-corrected chi connectivity index (χ1v) is 5.86. The van der Waals surface area contributed by atoms with Crippen molar-refractivity contribution in [3.8, 4) is 0 Å². The van der Waals surface area contributed by atoms with Crippen molar-refractivity contribution in [1.82, 2.24) is 4.72 Å². The zero-order chi connectivity index (χ0) is 13.7. The summed E-state index contributed by atoms with van der Waals surface area (Å²) in [4.78, 5) is 21.6. The van der Waals surface area contributed by atoms with E-state index in [-0.39, 0.29) is 6.61 Å². The maximum Gasteiger partial charge on any atom is 0.516 e. The minimum Gasteiger partial charge on any atom is -0.466 e. The Balaban J connectivity index is 4.26. The number of halogens is 3. The number of alkyl halides is 3. The lowest BCUT2D eigenvalue weighted by atomic mass is 10.3. The molecular weight excluding hydrogens is 267 g/mol. The maximum atomic E-state index is 11.8. The summed E-state index contributed by atoms with van der Waals surface area (Å²) >= 11 is 0. The van der Waals surface area contributed by atoms with Gasteiger partial charge in [-0.1, -0.05) is 0 Å². The van der Waals surface area contributed by atoms with Crippen LogP contribution in [-0.4, -0.2) is 32.4 Å². The van der Waals surface area contributed by atoms with Crippen molar-refractivity contribution in [3.05, 3.63) is 0 Å². The molecule has 0 aromatic heterocycles. The molecule has 0 aliphatic carbocycles. The van der Waals surface area contributed by atoms with Crippen LogP contribution in [0.5, 0.6) is 0 Å². The molecule has 0 saturated heterocycles. The summed E-state index contributed by atoms with van der Waals surface area (Å²) in [5.74, 6) is -2.22. The molecule has 0 aliphatic rings. The maximum absolute atomic E-state index is 11.8. The van der Waals surface area contributed by atoms with Crippen LogP contribution < -0.4 is 4.72 Å². The topological polar surface area (TPSA) is 89.5 Å². The molecule has 0 atom stereocenters. The van der Waals surface area contributed by atoms with Gasteiger partial charge in [0.05, 0.1) is 13.0 Å². The average Bonchev–Trinajstić information content (AvgIpc) is 2.12. The van der Waals surface area contributed by atoms with Crippen LogP contribution in [0.4, 0.5) is 13.2 Å². The van der Waals surface area contributed by atoms with Gasteiger partial charge in [0.1, 0.15) is 0 Å². The molecule has 0 radical (unpaired) electrons. The zero-order valence-electron chi connectivity index (χ0n) is 8.70. The highest BCUT2D eigenvalue weighted by atomic mass is 32.2. The first-order valence-electron chi connectivity index (χ1n) is 4.37. The lowest BCUT2D eigenvalue weighted by Gasteiger charge is -2.08. The van der Waals surface area contributed by atoms with Gasteiger partial charge in [0.25, 0.3) is 0 Å². The Hall–Kier alpha value is -1.32. The molecule has 0 aromatic rings. The summed E-state index contributed by atoms with van der Waals surface area (Å²) in [7, 11) is -5.71. The van der Waals surface area contributed by atoms with Gasteiger partial charge in [0.2, 0.25) is 5.91 Å². The molecule has 0 aromatic carbocycles. The van der Waals surface area contributed by atoms with E-state index in [1.54, 1.807) is 0 Å². The van der Waals surface area contributed by atoms with Gasteiger partial charge in [0, 0.05) is 6.42 Å². The second-order valence-electron chi connectivity index (χ2n) is 2.78. The minimum absolute atomic E-state index is 0.0568. The Bertz CT molecular complexity index is 389. The highest BCUT2D eigenvalue weighted by molar-refractivity contribution is 7.90. The number of carbonyl (C=O) groups excluding carboxylic acids is 2. The summed E-state index contributed by atoms with van der Waals surface area (Å²) in [6, 6.07) is 0. The summed E-state index contributed by atoms with van der Waals surface area (Å²) < 4.78 is 61.6. The molecule has 6 nitrogen and oxygen atoms in total. The van der Waals surface area contributed by atoms with Gasteiger partial charge in [-0.05, 0) is 6.92 Å². The van der Waals surface area contributed by atoms with E-state index in [1.165, 1.54) is 6.92 Å². The molecule has 0 saturated carbocycles. The lowest BCUT2D eigenvalue weighted by Crippen LogP contribution is -2.40. The largest absolute Gasteiger partial charge is 0.516 e. The summed E-state index contributed by atoms with van der Waals surface area (Å²) in [6.07, 6.45) is -1.19. The summed E-state index contributed by atoms with van der Waals surface area (Å²) in [5.41, 5.74) is -5.56. The van der Waals surface area contributed by atoms with Crippen LogP contribution in [0.25, 0.3) is 0 Å². The molecule has 0 spiro atoms. The van der Waals surface area contributed by atoms with E-state index in [0.29, 0.717) is 0 Å². The average molecular weight is 277 g/mol. The third kappa shape index (κ3) is 5.52. The normalized spacial score (nSPS) is 12.0. The number of ether oxygens (including phenoxy) is 1. The molecule has 0 rings (SSSR count). The van der Waals surface area contributed by atoms with Crippen LogP contribution >= 0.6 is 0 Å². The molecule has 0 aliphatic heterocycles. The predicted octanol–water partition coefficient (Wildman–Crippen LogP) is 0.295. The van der Waals surface area contributed by atoms with Crippen LogP contribution in [0.15, 0.2) is 0 Å². The second-order valence-corrected chi connectivity index (χ2v) is 4.45. The molecule has 0 heterocycles. The number of carbonyl (C=O) groups is 2. The van der Waals surface area contributed by atoms with Gasteiger partial charge < -0.3 is 4.74 Å². The fourth-order valence-corrected chi connectivity index (χ4v) is 1.23. The van der Waals surface area contributed by atoms with Gasteiger partial charge in [0.15, 0.2) is 0 Å². The highest BCUT2D eigenvalue weighted by Crippen LogP contribution is 2.21. The predicted molar refractivity (Wildman–Crippen MR) is 49.0 cm³/mol. The first-order chi connectivity index (χ1) is 7.60. The van der Waals surface area contributed by atoms with E-state index in [2.05, 4.69) is 4.74 Å². The van der Waals surface area contributed by atoms with Gasteiger partial charge in [-0.25, -0.2) is 4.72 Å². The van der Waals surface area contributed by atoms with Crippen LogP contribution in [0.2, 0.25) is 0 Å². The van der Waals surface area contributed by atoms with Crippen molar-refractivity contribution in [3.63, 3.8) is 0 Å². The van der Waals surface area contributed by atoms with E-state index in [9.17, 15) is 31.2 Å². The number of sulfonamides is 1. The number of esters is 1. The van der Waals surface area contributed by atoms with Crippen molar-refractivity contribution >= 4 is 21.9 Å². The van der Waals surface area contributed by atoms with Gasteiger partial charge in [-0.2, -0.15) is 21.6 Å². The Labute approximate surface area is 95.2 Å². The van der Waals surface area contributed by atoms with Crippen molar-refractivity contribution in [2.24, 2.45) is 0 Å². The highest BCUT2D eigenvalue weighted by Gasteiger charge is 2.46. The number of rotatable bonds is 5. The van der Waals surface area contributed by atoms with E-state index >= 15 is 0 Å². The van der Waals surface area contributed by atoms with Crippen LogP contribution in [0, 0.1) is 0 Å². The fraction of sp³-hybridized carbons (Fsp3) is 0.714. The molecule has 100 valence electrons. The fourth-order valence-electron chi connectivity index (χ4n) is 0.708. The molecule has 1 amide bonds. The molecule has 10 heteroatoms. The SMILES string of the molecule is CCOC(=O)CCC(=O)NS(=O)(=O)C(F)(F)F. The van der Waals surface area contributed by atoms with Crippen LogP contribution in [0.1, 0.15) is 19.8 Å². The van der Waals surface area contributed by atoms with Gasteiger partial charge >= 0.3 is 21.5 Å². The molecular formula is C7H10F3NO5S. The van der Waals surface area contributed by atoms with E-state index in [4.69, 9.17) is 0 Å². The van der Waals surface area contributed by atoms with Crippen molar-refractivity contribution in [1.29, 1.82) is 0 Å². The Morgan fingerprint density at radius 2 is 1.76 bits per heavy atom. The van der Waals surface area contributed by atoms with Crippen molar-refractivity contribution in [2.75, 3.05) is 6.61 Å². The van der Waals surface area contributed by atoms with Gasteiger partial charge in [-0.15, -0.1) is 0 Å². The summed E-state index contributed by atoms with van der Waals surface area (Å²) in [6.45, 7) is 1.56. The quantitative estimate of drug-likeness (QED) is 0.730. The van der Waals surface area contributed by atoms with Crippen LogP contribution in [-0.2, 0) is 24.3 Å². The standard InChI is InChI=1S/C7H10F3NO5S/c1-2-16-6(13)4-3-5(12)11-17(14,15)7(8,9)10/h2-4H2,1H3,(H,11,12). The molecule has 0 bridgehead atoms. The van der Waals surface area contributed by atoms with Crippen molar-refractivity contribution in [2.45, 2.75) is 25.3 Å². The number of amides is 1. The molecule has 1 N–H and O–H groups in total. The lowest BCUT2D eigenvalue weighted by molar-refractivity contribution is -0.144. The second kappa shape index (κ2) is 5.84. The van der Waals surface area contributed by atoms with Crippen molar-refractivity contribution < 1.29 is 35.9 Å². The number of hydrogen-bond donors (Lipinski definition) is 1. The molecule has 17 heavy (non-hydrogen) atoms. The first kappa shape index (κ1) is 15.7. The zero-order valence-corrected chi connectivity index (χ0v) is 9.52. The Kier molecular flexibility index (Phi) is 5.39. The number of nitrogens with one attached hydrogen (secondary N) is 1. The third-order valence-electron chi connectivity index (χ3n) is 1.41. The minimum atomic E-state index is -5.71. The van der Waals surface area contributed by atoms with Crippen LogP contribution in [0.3, 0.4) is 0 Å². The molecule has 0 fully saturated rings. The Morgan fingerprint density at radius 3 is 2.18 bits per heavy atom. The smallest absolute Gasteiger partial charge is 0.466 e.